The van der Waals surface area contributed by atoms with Gasteiger partial charge in [-0.15, -0.1) is 0 Å². The number of benzene rings is 1. The third-order valence-corrected chi connectivity index (χ3v) is 4.26. The fourth-order valence-corrected chi connectivity index (χ4v) is 2.72. The number of carbonyl (C=O) groups excluding carboxylic acids is 1. The van der Waals surface area contributed by atoms with Crippen molar-refractivity contribution in [2.24, 2.45) is 12.8 Å². The second-order valence-corrected chi connectivity index (χ2v) is 6.20. The number of hydrogen-bond acceptors (Lipinski definition) is 4. The van der Waals surface area contributed by atoms with Crippen molar-refractivity contribution in [3.05, 3.63) is 57.5 Å². The van der Waals surface area contributed by atoms with Crippen LogP contribution in [0.3, 0.4) is 0 Å². The highest BCUT2D eigenvalue weighted by Crippen LogP contribution is 2.35. The highest BCUT2D eigenvalue weighted by molar-refractivity contribution is 5.76. The van der Waals surface area contributed by atoms with E-state index in [0.717, 1.165) is 6.07 Å². The molecule has 0 aliphatic carbocycles. The molecule has 0 aliphatic heterocycles. The highest BCUT2D eigenvalue weighted by atomic mass is 19.4. The molecule has 5 nitrogen and oxygen atoms in total. The molecule has 0 unspecified atom stereocenters. The van der Waals surface area contributed by atoms with Gasteiger partial charge in [-0.2, -0.15) is 13.2 Å². The van der Waals surface area contributed by atoms with Crippen molar-refractivity contribution in [2.75, 3.05) is 6.61 Å². The summed E-state index contributed by atoms with van der Waals surface area (Å²) in [5.41, 5.74) is 4.66. The maximum absolute atomic E-state index is 13.4. The SMILES string of the molecule is CCOC(=O)[C@@H](N)Cc1ccc(-c2c(C(F)(F)F)cc(C)n(C)c2=O)cc1. The van der Waals surface area contributed by atoms with Gasteiger partial charge in [-0.25, -0.2) is 0 Å². The van der Waals surface area contributed by atoms with Gasteiger partial charge in [-0.05, 0) is 37.5 Å². The molecule has 2 aromatic rings. The van der Waals surface area contributed by atoms with Gasteiger partial charge in [0, 0.05) is 12.7 Å². The van der Waals surface area contributed by atoms with Crippen LogP contribution in [0.5, 0.6) is 0 Å². The van der Waals surface area contributed by atoms with Gasteiger partial charge in [0.15, 0.2) is 0 Å². The number of ether oxygens (including phenoxy) is 1. The quantitative estimate of drug-likeness (QED) is 0.807. The second kappa shape index (κ2) is 7.96. The lowest BCUT2D eigenvalue weighted by molar-refractivity contribution is -0.144. The van der Waals surface area contributed by atoms with Crippen LogP contribution in [-0.4, -0.2) is 23.2 Å². The average molecular weight is 382 g/mol. The van der Waals surface area contributed by atoms with Crippen LogP contribution in [0.2, 0.25) is 0 Å². The van der Waals surface area contributed by atoms with Crippen LogP contribution in [-0.2, 0) is 29.2 Å². The van der Waals surface area contributed by atoms with Gasteiger partial charge in [0.2, 0.25) is 0 Å². The van der Waals surface area contributed by atoms with Crippen LogP contribution < -0.4 is 11.3 Å². The molecule has 27 heavy (non-hydrogen) atoms. The maximum Gasteiger partial charge on any atom is 0.417 e. The summed E-state index contributed by atoms with van der Waals surface area (Å²) < 4.78 is 46.3. The first-order valence-electron chi connectivity index (χ1n) is 8.35. The Balaban J connectivity index is 2.42. The molecule has 0 spiro atoms. The van der Waals surface area contributed by atoms with E-state index in [1.165, 1.54) is 30.7 Å². The lowest BCUT2D eigenvalue weighted by atomic mass is 9.97. The number of alkyl halides is 3. The molecule has 8 heteroatoms. The number of esters is 1. The zero-order chi connectivity index (χ0) is 20.4. The number of rotatable bonds is 5. The fraction of sp³-hybridized carbons (Fsp3) is 0.368. The van der Waals surface area contributed by atoms with E-state index in [1.54, 1.807) is 19.1 Å². The summed E-state index contributed by atoms with van der Waals surface area (Å²) in [6, 6.07) is 6.04. The van der Waals surface area contributed by atoms with Gasteiger partial charge in [0.1, 0.15) is 6.04 Å². The lowest BCUT2D eigenvalue weighted by Gasteiger charge is -2.16. The van der Waals surface area contributed by atoms with E-state index in [-0.39, 0.29) is 24.3 Å². The summed E-state index contributed by atoms with van der Waals surface area (Å²) in [5.74, 6) is -0.548. The van der Waals surface area contributed by atoms with E-state index < -0.39 is 34.9 Å². The van der Waals surface area contributed by atoms with Crippen molar-refractivity contribution >= 4 is 5.97 Å². The average Bonchev–Trinajstić information content (AvgIpc) is 2.59. The van der Waals surface area contributed by atoms with Crippen molar-refractivity contribution in [1.82, 2.24) is 4.57 Å². The number of nitrogens with zero attached hydrogens (tertiary/aromatic N) is 1. The van der Waals surface area contributed by atoms with E-state index in [0.29, 0.717) is 5.56 Å². The molecule has 0 fully saturated rings. The Morgan fingerprint density at radius 1 is 1.26 bits per heavy atom. The highest BCUT2D eigenvalue weighted by Gasteiger charge is 2.36. The van der Waals surface area contributed by atoms with E-state index in [9.17, 15) is 22.8 Å². The summed E-state index contributed by atoms with van der Waals surface area (Å²) in [6.07, 6.45) is -4.48. The third kappa shape index (κ3) is 4.57. The van der Waals surface area contributed by atoms with Crippen LogP contribution in [0.4, 0.5) is 13.2 Å². The zero-order valence-electron chi connectivity index (χ0n) is 15.3. The standard InChI is InChI=1S/C19H21F3N2O3/c1-4-27-18(26)15(23)10-12-5-7-13(8-6-12)16-14(19(20,21)22)9-11(2)24(3)17(16)25/h5-9,15H,4,10,23H2,1-3H3/t15-/m0/s1. The minimum Gasteiger partial charge on any atom is -0.465 e. The predicted octanol–water partition coefficient (Wildman–Crippen LogP) is 2.81. The van der Waals surface area contributed by atoms with Gasteiger partial charge >= 0.3 is 12.1 Å². The van der Waals surface area contributed by atoms with E-state index in [2.05, 4.69) is 0 Å². The number of aryl methyl sites for hydroxylation is 1. The van der Waals surface area contributed by atoms with E-state index in [4.69, 9.17) is 10.5 Å². The molecule has 1 aromatic carbocycles. The molecule has 0 bridgehead atoms. The van der Waals surface area contributed by atoms with Crippen LogP contribution in [0, 0.1) is 6.92 Å². The second-order valence-electron chi connectivity index (χ2n) is 6.20. The maximum atomic E-state index is 13.4. The molecule has 0 saturated carbocycles. The van der Waals surface area contributed by atoms with Gasteiger partial charge in [0.05, 0.1) is 17.7 Å². The molecule has 1 aromatic heterocycles. The van der Waals surface area contributed by atoms with Gasteiger partial charge < -0.3 is 15.0 Å². The van der Waals surface area contributed by atoms with Crippen LogP contribution in [0.25, 0.3) is 11.1 Å². The molecule has 2 rings (SSSR count). The number of nitrogens with two attached hydrogens (primary N) is 1. The molecule has 2 N–H and O–H groups in total. The van der Waals surface area contributed by atoms with Gasteiger partial charge in [-0.1, -0.05) is 24.3 Å². The Morgan fingerprint density at radius 2 is 1.85 bits per heavy atom. The smallest absolute Gasteiger partial charge is 0.417 e. The van der Waals surface area contributed by atoms with Crippen LogP contribution in [0.15, 0.2) is 35.1 Å². The Hall–Kier alpha value is -2.61. The number of halogens is 3. The van der Waals surface area contributed by atoms with Gasteiger partial charge in [0.25, 0.3) is 5.56 Å². The van der Waals surface area contributed by atoms with E-state index >= 15 is 0 Å². The van der Waals surface area contributed by atoms with Crippen LogP contribution >= 0.6 is 0 Å². The van der Waals surface area contributed by atoms with Gasteiger partial charge in [-0.3, -0.25) is 9.59 Å². The fourth-order valence-electron chi connectivity index (χ4n) is 2.72. The van der Waals surface area contributed by atoms with Crippen molar-refractivity contribution in [3.63, 3.8) is 0 Å². The molecule has 1 atom stereocenters. The predicted molar refractivity (Wildman–Crippen MR) is 95.2 cm³/mol. The molecule has 146 valence electrons. The number of aromatic nitrogens is 1. The molecular weight excluding hydrogens is 361 g/mol. The largest absolute Gasteiger partial charge is 0.465 e. The van der Waals surface area contributed by atoms with Crippen molar-refractivity contribution in [2.45, 2.75) is 32.5 Å². The molecule has 0 aliphatic rings. The molecular formula is C19H21F3N2O3. The van der Waals surface area contributed by atoms with Crippen LogP contribution in [0.1, 0.15) is 23.7 Å². The Bertz CT molecular complexity index is 887. The first-order valence-corrected chi connectivity index (χ1v) is 8.35. The molecule has 0 amide bonds. The van der Waals surface area contributed by atoms with Crippen molar-refractivity contribution in [1.29, 1.82) is 0 Å². The summed E-state index contributed by atoms with van der Waals surface area (Å²) in [6.45, 7) is 3.32. The molecule has 0 radical (unpaired) electrons. The minimum absolute atomic E-state index is 0.149. The summed E-state index contributed by atoms with van der Waals surface area (Å²) in [4.78, 5) is 24.1. The van der Waals surface area contributed by atoms with Crippen molar-refractivity contribution < 1.29 is 22.7 Å². The first-order chi connectivity index (χ1) is 12.6. The summed E-state index contributed by atoms with van der Waals surface area (Å²) >= 11 is 0. The van der Waals surface area contributed by atoms with Crippen molar-refractivity contribution in [3.8, 4) is 11.1 Å². The Labute approximate surface area is 154 Å². The van der Waals surface area contributed by atoms with E-state index in [1.807, 2.05) is 0 Å². The topological polar surface area (TPSA) is 74.3 Å². The Kier molecular flexibility index (Phi) is 6.10. The monoisotopic (exact) mass is 382 g/mol. The third-order valence-electron chi connectivity index (χ3n) is 4.26. The molecule has 0 saturated heterocycles. The molecule has 1 heterocycles. The summed E-state index contributed by atoms with van der Waals surface area (Å²) in [5, 5.41) is 0. The number of carbonyl (C=O) groups is 1. The number of hydrogen-bond donors (Lipinski definition) is 1. The summed E-state index contributed by atoms with van der Waals surface area (Å²) in [7, 11) is 1.42. The normalized spacial score (nSPS) is 12.7. The Morgan fingerprint density at radius 3 is 2.37 bits per heavy atom. The number of pyridine rings is 1. The zero-order valence-corrected chi connectivity index (χ0v) is 15.3. The minimum atomic E-state index is -4.65. The lowest BCUT2D eigenvalue weighted by Crippen LogP contribution is -2.34. The first kappa shape index (κ1) is 20.7.